The van der Waals surface area contributed by atoms with Crippen LogP contribution in [-0.2, 0) is 25.8 Å². The molecule has 0 saturated carbocycles. The molecule has 0 aliphatic rings. The smallest absolute Gasteiger partial charge is 0.442 e. The molecule has 39 heavy (non-hydrogen) atoms. The predicted molar refractivity (Wildman–Crippen MR) is 142 cm³/mol. The molecule has 3 N–H and O–H groups in total. The molecular formula is C25H26ClF2N2O7PS. The van der Waals surface area contributed by atoms with Gasteiger partial charge in [0.1, 0.15) is 17.5 Å². The van der Waals surface area contributed by atoms with Crippen LogP contribution in [0.5, 0.6) is 11.5 Å². The zero-order valence-electron chi connectivity index (χ0n) is 20.4. The summed E-state index contributed by atoms with van der Waals surface area (Å²) in [7, 11) is -9.22. The molecule has 1 amide bonds. The second-order valence-electron chi connectivity index (χ2n) is 8.22. The lowest BCUT2D eigenvalue weighted by molar-refractivity contribution is -0.122. The normalized spacial score (nSPS) is 13.9. The number of carbonyl (C=O) groups is 1. The molecule has 2 atom stereocenters. The van der Waals surface area contributed by atoms with E-state index in [0.717, 1.165) is 0 Å². The summed E-state index contributed by atoms with van der Waals surface area (Å²) < 4.78 is 74.9. The van der Waals surface area contributed by atoms with E-state index in [-0.39, 0.29) is 30.2 Å². The Kier molecular flexibility index (Phi) is 10.8. The third kappa shape index (κ3) is 9.59. The van der Waals surface area contributed by atoms with E-state index >= 15 is 0 Å². The van der Waals surface area contributed by atoms with E-state index in [1.807, 2.05) is 0 Å². The molecule has 0 heterocycles. The van der Waals surface area contributed by atoms with Crippen LogP contribution in [0.3, 0.4) is 0 Å². The molecule has 1 unspecified atom stereocenters. The van der Waals surface area contributed by atoms with E-state index in [1.165, 1.54) is 36.4 Å². The zero-order chi connectivity index (χ0) is 28.5. The molecule has 0 bridgehead atoms. The second-order valence-corrected chi connectivity index (χ2v) is 12.1. The predicted octanol–water partition coefficient (Wildman–Crippen LogP) is 4.60. The first-order valence-electron chi connectivity index (χ1n) is 11.6. The van der Waals surface area contributed by atoms with Crippen molar-refractivity contribution < 1.29 is 40.7 Å². The van der Waals surface area contributed by atoms with Crippen LogP contribution in [0, 0.1) is 0 Å². The van der Waals surface area contributed by atoms with Gasteiger partial charge in [-0.2, -0.15) is 13.5 Å². The Hall–Kier alpha value is -3.02. The van der Waals surface area contributed by atoms with E-state index < -0.39 is 35.7 Å². The summed E-state index contributed by atoms with van der Waals surface area (Å²) in [5.74, 6) is -0.313. The Morgan fingerprint density at radius 1 is 1.00 bits per heavy atom. The van der Waals surface area contributed by atoms with Gasteiger partial charge in [0.15, 0.2) is 0 Å². The third-order valence-electron chi connectivity index (χ3n) is 5.20. The first-order valence-corrected chi connectivity index (χ1v) is 15.1. The van der Waals surface area contributed by atoms with Gasteiger partial charge in [-0.1, -0.05) is 48.0 Å². The van der Waals surface area contributed by atoms with Crippen molar-refractivity contribution in [2.45, 2.75) is 29.9 Å². The number of nitrogens with one attached hydrogen (secondary N) is 2. The summed E-state index contributed by atoms with van der Waals surface area (Å²) in [4.78, 5) is 22.2. The number of carbonyl (C=O) groups excluding carboxylic acids is 1. The summed E-state index contributed by atoms with van der Waals surface area (Å²) in [5.41, 5.74) is 0.437. The molecule has 0 aliphatic carbocycles. The second kappa shape index (κ2) is 13.9. The van der Waals surface area contributed by atoms with Gasteiger partial charge in [-0.05, 0) is 60.9 Å². The van der Waals surface area contributed by atoms with Crippen molar-refractivity contribution >= 4 is 35.1 Å². The van der Waals surface area contributed by atoms with Gasteiger partial charge in [0.05, 0.1) is 11.5 Å². The molecule has 3 aromatic carbocycles. The highest BCUT2D eigenvalue weighted by Gasteiger charge is 2.34. The van der Waals surface area contributed by atoms with Crippen molar-refractivity contribution in [2.24, 2.45) is 0 Å². The number of amides is 1. The Morgan fingerprint density at radius 2 is 1.69 bits per heavy atom. The maximum Gasteiger partial charge on any atom is 0.442 e. The lowest BCUT2D eigenvalue weighted by Crippen LogP contribution is -2.48. The van der Waals surface area contributed by atoms with Gasteiger partial charge < -0.3 is 19.5 Å². The largest absolute Gasteiger partial charge is 0.493 e. The van der Waals surface area contributed by atoms with Crippen molar-refractivity contribution in [3.63, 3.8) is 0 Å². The summed E-state index contributed by atoms with van der Waals surface area (Å²) in [5, 5.41) is 3.20. The Labute approximate surface area is 229 Å². The Bertz CT molecular complexity index is 1400. The van der Waals surface area contributed by atoms with Crippen molar-refractivity contribution in [2.75, 3.05) is 13.2 Å². The van der Waals surface area contributed by atoms with Gasteiger partial charge in [0, 0.05) is 11.6 Å². The minimum Gasteiger partial charge on any atom is -0.493 e. The van der Waals surface area contributed by atoms with Crippen LogP contribution in [0.2, 0.25) is 5.02 Å². The Morgan fingerprint density at radius 3 is 2.33 bits per heavy atom. The van der Waals surface area contributed by atoms with Crippen molar-refractivity contribution in [1.29, 1.82) is 0 Å². The number of halogens is 3. The number of hydrogen-bond donors (Lipinski definition) is 3. The first kappa shape index (κ1) is 30.5. The first-order chi connectivity index (χ1) is 18.5. The van der Waals surface area contributed by atoms with Crippen LogP contribution in [-0.4, -0.2) is 44.6 Å². The molecule has 0 spiro atoms. The highest BCUT2D eigenvalue weighted by molar-refractivity contribution is 7.89. The number of benzene rings is 3. The molecular weight excluding hydrogens is 577 g/mol. The molecule has 0 fully saturated rings. The molecule has 3 aromatic rings. The maximum absolute atomic E-state index is 13.0. The van der Waals surface area contributed by atoms with Crippen LogP contribution < -0.4 is 19.3 Å². The summed E-state index contributed by atoms with van der Waals surface area (Å²) in [6, 6.07) is 18.2. The topological polar surface area (TPSA) is 131 Å². The minimum absolute atomic E-state index is 0.0350. The average molecular weight is 603 g/mol. The fourth-order valence-electron chi connectivity index (χ4n) is 3.31. The van der Waals surface area contributed by atoms with E-state index in [0.29, 0.717) is 22.8 Å². The monoisotopic (exact) mass is 602 g/mol. The fourth-order valence-corrected chi connectivity index (χ4v) is 5.21. The maximum atomic E-state index is 13.0. The molecule has 210 valence electrons. The molecule has 0 aliphatic heterocycles. The van der Waals surface area contributed by atoms with Crippen molar-refractivity contribution in [3.8, 4) is 11.5 Å². The van der Waals surface area contributed by atoms with Crippen LogP contribution >= 0.6 is 19.2 Å². The van der Waals surface area contributed by atoms with Gasteiger partial charge in [-0.25, -0.2) is 13.0 Å². The number of ether oxygens (including phenoxy) is 1. The zero-order valence-corrected chi connectivity index (χ0v) is 22.8. The fraction of sp³-hybridized carbons (Fsp3) is 0.240. The molecule has 0 saturated heterocycles. The number of hydrogen-bond acceptors (Lipinski definition) is 6. The van der Waals surface area contributed by atoms with Gasteiger partial charge in [0.25, 0.3) is 0 Å². The van der Waals surface area contributed by atoms with Crippen LogP contribution in [0.1, 0.15) is 12.0 Å². The van der Waals surface area contributed by atoms with Crippen molar-refractivity contribution in [3.05, 3.63) is 89.4 Å². The quantitative estimate of drug-likeness (QED) is 0.182. The lowest BCUT2D eigenvalue weighted by atomic mass is 10.1. The third-order valence-corrected chi connectivity index (χ3v) is 7.89. The molecule has 0 aromatic heterocycles. The van der Waals surface area contributed by atoms with Gasteiger partial charge in [-0.3, -0.25) is 4.79 Å². The van der Waals surface area contributed by atoms with Crippen LogP contribution in [0.4, 0.5) is 8.78 Å². The summed E-state index contributed by atoms with van der Waals surface area (Å²) in [6.07, 6.45) is -3.26. The lowest BCUT2D eigenvalue weighted by Gasteiger charge is -2.19. The number of sulfonamides is 1. The van der Waals surface area contributed by atoms with Crippen LogP contribution in [0.15, 0.2) is 83.8 Å². The van der Waals surface area contributed by atoms with Crippen LogP contribution in [0.25, 0.3) is 0 Å². The van der Waals surface area contributed by atoms with Gasteiger partial charge in [-0.15, -0.1) is 0 Å². The minimum atomic E-state index is -5.15. The van der Waals surface area contributed by atoms with E-state index in [4.69, 9.17) is 16.3 Å². The summed E-state index contributed by atoms with van der Waals surface area (Å²) in [6.45, 7) is 0.463. The summed E-state index contributed by atoms with van der Waals surface area (Å²) >= 11 is 5.92. The number of rotatable bonds is 14. The molecule has 3 rings (SSSR count). The van der Waals surface area contributed by atoms with Gasteiger partial charge in [0.2, 0.25) is 15.9 Å². The van der Waals surface area contributed by atoms with E-state index in [9.17, 15) is 31.5 Å². The molecule has 14 heteroatoms. The SMILES string of the molecule is O=C(NCCCOc1cccc(Cl)c1)[C@H](Cc1ccc(OP(=O)(O)C(F)F)cc1)NS(=O)(=O)c1ccccc1. The van der Waals surface area contributed by atoms with Crippen molar-refractivity contribution in [1.82, 2.24) is 10.0 Å². The van der Waals surface area contributed by atoms with E-state index in [1.54, 1.807) is 42.5 Å². The van der Waals surface area contributed by atoms with E-state index in [2.05, 4.69) is 14.6 Å². The molecule has 0 radical (unpaired) electrons. The molecule has 9 nitrogen and oxygen atoms in total. The average Bonchev–Trinajstić information content (AvgIpc) is 2.89. The standard InChI is InChI=1S/C25H26ClF2N2O7PS/c26-19-6-4-7-21(17-19)36-15-5-14-29-24(31)23(30-39(34,35)22-8-2-1-3-9-22)16-18-10-12-20(13-11-18)37-38(32,33)25(27)28/h1-4,6-13,17,23,25,30H,5,14-16H2,(H,29,31)(H,32,33)/t23-/m0/s1. The highest BCUT2D eigenvalue weighted by atomic mass is 35.5. The van der Waals surface area contributed by atoms with Gasteiger partial charge >= 0.3 is 13.8 Å². The number of alkyl halides is 2. The Balaban J connectivity index is 1.66. The highest BCUT2D eigenvalue weighted by Crippen LogP contribution is 2.48.